The molecule has 0 aliphatic rings. The van der Waals surface area contributed by atoms with Gasteiger partial charge in [-0.3, -0.25) is 0 Å². The summed E-state index contributed by atoms with van der Waals surface area (Å²) in [5, 5.41) is 12.3. The lowest BCUT2D eigenvalue weighted by molar-refractivity contribution is 0.264. The Morgan fingerprint density at radius 2 is 2.00 bits per heavy atom. The third kappa shape index (κ3) is 1.57. The minimum atomic E-state index is -0.198. The van der Waals surface area contributed by atoms with Gasteiger partial charge >= 0.3 is 0 Å². The first kappa shape index (κ1) is 7.94. The van der Waals surface area contributed by atoms with E-state index in [1.807, 2.05) is 30.3 Å². The molecule has 0 aliphatic carbocycles. The van der Waals surface area contributed by atoms with Crippen molar-refractivity contribution in [2.45, 2.75) is 6.61 Å². The molecule has 0 radical (unpaired) electrons. The van der Waals surface area contributed by atoms with Crippen molar-refractivity contribution in [2.24, 2.45) is 0 Å². The van der Waals surface area contributed by atoms with Gasteiger partial charge < -0.3 is 9.63 Å². The lowest BCUT2D eigenvalue weighted by atomic mass is 10.2. The maximum atomic E-state index is 8.71. The summed E-state index contributed by atoms with van der Waals surface area (Å²) < 4.78 is 4.92. The molecule has 0 saturated carbocycles. The molecule has 0 bridgehead atoms. The zero-order valence-corrected chi connectivity index (χ0v) is 6.84. The molecule has 2 aromatic rings. The van der Waals surface area contributed by atoms with Gasteiger partial charge in [0.15, 0.2) is 5.82 Å². The SMILES string of the molecule is OCc1noc(-c2ccccc2)n1. The number of hydrogen-bond acceptors (Lipinski definition) is 4. The van der Waals surface area contributed by atoms with Gasteiger partial charge in [0.05, 0.1) is 0 Å². The Morgan fingerprint density at radius 3 is 2.62 bits per heavy atom. The van der Waals surface area contributed by atoms with Crippen LogP contribution in [0.3, 0.4) is 0 Å². The van der Waals surface area contributed by atoms with Gasteiger partial charge in [-0.05, 0) is 12.1 Å². The van der Waals surface area contributed by atoms with E-state index in [9.17, 15) is 0 Å². The van der Waals surface area contributed by atoms with Crippen molar-refractivity contribution in [1.29, 1.82) is 0 Å². The number of hydrogen-bond donors (Lipinski definition) is 1. The van der Waals surface area contributed by atoms with E-state index < -0.39 is 0 Å². The van der Waals surface area contributed by atoms with Crippen LogP contribution in [-0.2, 0) is 6.61 Å². The Morgan fingerprint density at radius 1 is 1.23 bits per heavy atom. The second kappa shape index (κ2) is 3.37. The molecule has 1 aromatic heterocycles. The van der Waals surface area contributed by atoms with E-state index in [1.165, 1.54) is 0 Å². The normalized spacial score (nSPS) is 10.2. The molecule has 0 spiro atoms. The Kier molecular flexibility index (Phi) is 2.06. The predicted octanol–water partition coefficient (Wildman–Crippen LogP) is 1.23. The number of benzene rings is 1. The smallest absolute Gasteiger partial charge is 0.258 e. The zero-order chi connectivity index (χ0) is 9.10. The number of aliphatic hydroxyl groups is 1. The first-order chi connectivity index (χ1) is 6.40. The average Bonchev–Trinajstić information content (AvgIpc) is 2.67. The fraction of sp³-hybridized carbons (Fsp3) is 0.111. The molecule has 0 saturated heterocycles. The Bertz CT molecular complexity index is 384. The summed E-state index contributed by atoms with van der Waals surface area (Å²) in [5.74, 6) is 0.739. The fourth-order valence-corrected chi connectivity index (χ4v) is 1.02. The van der Waals surface area contributed by atoms with Crippen LogP contribution in [0.5, 0.6) is 0 Å². The van der Waals surface area contributed by atoms with Crippen LogP contribution >= 0.6 is 0 Å². The van der Waals surface area contributed by atoms with Gasteiger partial charge in [0, 0.05) is 5.56 Å². The minimum Gasteiger partial charge on any atom is -0.388 e. The van der Waals surface area contributed by atoms with E-state index in [0.717, 1.165) is 5.56 Å². The maximum Gasteiger partial charge on any atom is 0.258 e. The van der Waals surface area contributed by atoms with Crippen LogP contribution in [-0.4, -0.2) is 15.2 Å². The maximum absolute atomic E-state index is 8.71. The van der Waals surface area contributed by atoms with E-state index in [1.54, 1.807) is 0 Å². The number of aliphatic hydroxyl groups excluding tert-OH is 1. The highest BCUT2D eigenvalue weighted by Gasteiger charge is 2.05. The molecule has 0 aliphatic heterocycles. The molecule has 0 amide bonds. The molecule has 1 heterocycles. The molecule has 4 heteroatoms. The van der Waals surface area contributed by atoms with Gasteiger partial charge in [0.2, 0.25) is 0 Å². The van der Waals surface area contributed by atoms with Gasteiger partial charge in [-0.1, -0.05) is 23.4 Å². The summed E-state index contributed by atoms with van der Waals surface area (Å²) >= 11 is 0. The summed E-state index contributed by atoms with van der Waals surface area (Å²) in [4.78, 5) is 3.97. The van der Waals surface area contributed by atoms with Crippen molar-refractivity contribution in [3.8, 4) is 11.5 Å². The minimum absolute atomic E-state index is 0.198. The molecule has 13 heavy (non-hydrogen) atoms. The third-order valence-corrected chi connectivity index (χ3v) is 1.63. The summed E-state index contributed by atoms with van der Waals surface area (Å²) in [6, 6.07) is 9.42. The van der Waals surface area contributed by atoms with E-state index in [4.69, 9.17) is 9.63 Å². The molecule has 1 aromatic carbocycles. The largest absolute Gasteiger partial charge is 0.388 e. The van der Waals surface area contributed by atoms with E-state index in [0.29, 0.717) is 11.7 Å². The molecule has 1 N–H and O–H groups in total. The highest BCUT2D eigenvalue weighted by molar-refractivity contribution is 5.51. The molecule has 4 nitrogen and oxygen atoms in total. The first-order valence-corrected chi connectivity index (χ1v) is 3.89. The summed E-state index contributed by atoms with van der Waals surface area (Å²) in [6.45, 7) is -0.198. The molecule has 0 atom stereocenters. The van der Waals surface area contributed by atoms with Crippen molar-refractivity contribution in [2.75, 3.05) is 0 Å². The van der Waals surface area contributed by atoms with E-state index >= 15 is 0 Å². The highest BCUT2D eigenvalue weighted by Crippen LogP contribution is 2.15. The number of nitrogens with zero attached hydrogens (tertiary/aromatic N) is 2. The Hall–Kier alpha value is -1.68. The van der Waals surface area contributed by atoms with Crippen molar-refractivity contribution in [1.82, 2.24) is 10.1 Å². The van der Waals surface area contributed by atoms with Crippen LogP contribution in [0.2, 0.25) is 0 Å². The van der Waals surface area contributed by atoms with Crippen LogP contribution < -0.4 is 0 Å². The van der Waals surface area contributed by atoms with Crippen molar-refractivity contribution in [3.05, 3.63) is 36.2 Å². The molecule has 0 fully saturated rings. The standard InChI is InChI=1S/C9H8N2O2/c12-6-8-10-9(13-11-8)7-4-2-1-3-5-7/h1-5,12H,6H2. The van der Waals surface area contributed by atoms with Gasteiger partial charge in [0.25, 0.3) is 5.89 Å². The second-order valence-corrected chi connectivity index (χ2v) is 2.54. The third-order valence-electron chi connectivity index (χ3n) is 1.63. The van der Waals surface area contributed by atoms with Crippen LogP contribution in [0.1, 0.15) is 5.82 Å². The molecule has 66 valence electrons. The first-order valence-electron chi connectivity index (χ1n) is 3.89. The van der Waals surface area contributed by atoms with Crippen LogP contribution in [0.15, 0.2) is 34.9 Å². The van der Waals surface area contributed by atoms with Crippen LogP contribution in [0.4, 0.5) is 0 Å². The second-order valence-electron chi connectivity index (χ2n) is 2.54. The lowest BCUT2D eigenvalue weighted by Crippen LogP contribution is -1.84. The molecular weight excluding hydrogens is 168 g/mol. The van der Waals surface area contributed by atoms with Crippen molar-refractivity contribution < 1.29 is 9.63 Å². The highest BCUT2D eigenvalue weighted by atomic mass is 16.5. The summed E-state index contributed by atoms with van der Waals surface area (Å²) in [5.41, 5.74) is 0.856. The van der Waals surface area contributed by atoms with Crippen LogP contribution in [0, 0.1) is 0 Å². The topological polar surface area (TPSA) is 59.2 Å². The van der Waals surface area contributed by atoms with Gasteiger partial charge in [0.1, 0.15) is 6.61 Å². The predicted molar refractivity (Wildman–Crippen MR) is 45.7 cm³/mol. The fourth-order valence-electron chi connectivity index (χ4n) is 1.02. The number of aromatic nitrogens is 2. The summed E-state index contributed by atoms with van der Waals surface area (Å²) in [6.07, 6.45) is 0. The zero-order valence-electron chi connectivity index (χ0n) is 6.84. The molecule has 0 unspecified atom stereocenters. The van der Waals surface area contributed by atoms with E-state index in [-0.39, 0.29) is 6.61 Å². The van der Waals surface area contributed by atoms with E-state index in [2.05, 4.69) is 10.1 Å². The molecular formula is C9H8N2O2. The van der Waals surface area contributed by atoms with Gasteiger partial charge in [-0.15, -0.1) is 0 Å². The van der Waals surface area contributed by atoms with Gasteiger partial charge in [-0.25, -0.2) is 0 Å². The Balaban J connectivity index is 2.36. The molecule has 2 rings (SSSR count). The monoisotopic (exact) mass is 176 g/mol. The van der Waals surface area contributed by atoms with Crippen molar-refractivity contribution in [3.63, 3.8) is 0 Å². The lowest BCUT2D eigenvalue weighted by Gasteiger charge is -1.89. The quantitative estimate of drug-likeness (QED) is 0.747. The Labute approximate surface area is 74.8 Å². The average molecular weight is 176 g/mol. The number of rotatable bonds is 2. The van der Waals surface area contributed by atoms with Crippen molar-refractivity contribution >= 4 is 0 Å². The summed E-state index contributed by atoms with van der Waals surface area (Å²) in [7, 11) is 0. The van der Waals surface area contributed by atoms with Gasteiger partial charge in [-0.2, -0.15) is 4.98 Å². The van der Waals surface area contributed by atoms with Crippen LogP contribution in [0.25, 0.3) is 11.5 Å².